The molecule has 0 atom stereocenters. The monoisotopic (exact) mass is 292 g/mol. The van der Waals surface area contributed by atoms with Gasteiger partial charge >= 0.3 is 0 Å². The summed E-state index contributed by atoms with van der Waals surface area (Å²) < 4.78 is 1.82. The Balaban J connectivity index is 2.23. The first-order valence-electron chi connectivity index (χ1n) is 7.11. The number of nitrogens with zero attached hydrogens (tertiary/aromatic N) is 3. The van der Waals surface area contributed by atoms with Gasteiger partial charge in [0.2, 0.25) is 0 Å². The van der Waals surface area contributed by atoms with E-state index in [4.69, 9.17) is 4.98 Å². The molecule has 0 amide bonds. The van der Waals surface area contributed by atoms with Crippen molar-refractivity contribution < 1.29 is 0 Å². The predicted molar refractivity (Wildman–Crippen MR) is 84.9 cm³/mol. The lowest BCUT2D eigenvalue weighted by molar-refractivity contribution is 0.425. The van der Waals surface area contributed by atoms with Crippen molar-refractivity contribution in [3.05, 3.63) is 23.0 Å². The van der Waals surface area contributed by atoms with Crippen LogP contribution in [0.15, 0.2) is 12.4 Å². The zero-order valence-corrected chi connectivity index (χ0v) is 13.8. The van der Waals surface area contributed by atoms with Gasteiger partial charge in [-0.2, -0.15) is 5.10 Å². The fraction of sp³-hybridized carbons (Fsp3) is 0.600. The fourth-order valence-electron chi connectivity index (χ4n) is 1.95. The normalized spacial score (nSPS) is 12.1. The maximum Gasteiger partial charge on any atom is 0.127 e. The number of aryl methyl sites for hydroxylation is 2. The number of rotatable bonds is 5. The summed E-state index contributed by atoms with van der Waals surface area (Å²) in [4.78, 5) is 6.16. The number of hydrogen-bond acceptors (Lipinski definition) is 4. The van der Waals surface area contributed by atoms with Crippen molar-refractivity contribution in [3.63, 3.8) is 0 Å². The minimum atomic E-state index is 0.127. The number of nitrogens with one attached hydrogen (secondary N) is 1. The molecule has 0 bridgehead atoms. The van der Waals surface area contributed by atoms with E-state index in [9.17, 15) is 0 Å². The van der Waals surface area contributed by atoms with Crippen molar-refractivity contribution in [3.8, 4) is 10.6 Å². The van der Waals surface area contributed by atoms with Crippen LogP contribution >= 0.6 is 11.3 Å². The number of hydrogen-bond donors (Lipinski definition) is 1. The molecule has 20 heavy (non-hydrogen) atoms. The average Bonchev–Trinajstić information content (AvgIpc) is 2.93. The molecule has 5 heteroatoms. The molecule has 0 saturated heterocycles. The Kier molecular flexibility index (Phi) is 4.60. The zero-order valence-electron chi connectivity index (χ0n) is 13.0. The first kappa shape index (κ1) is 15.2. The fourth-order valence-corrected chi connectivity index (χ4v) is 2.98. The molecule has 0 aliphatic carbocycles. The Bertz CT molecular complexity index is 563. The molecule has 2 aromatic heterocycles. The van der Waals surface area contributed by atoms with Crippen LogP contribution in [0.2, 0.25) is 0 Å². The number of aromatic nitrogens is 3. The smallest absolute Gasteiger partial charge is 0.127 e. The molecule has 0 fully saturated rings. The highest BCUT2D eigenvalue weighted by molar-refractivity contribution is 7.15. The van der Waals surface area contributed by atoms with Crippen molar-refractivity contribution in [2.24, 2.45) is 7.05 Å². The molecule has 0 aliphatic rings. The summed E-state index contributed by atoms with van der Waals surface area (Å²) in [6.07, 6.45) is 6.07. The highest BCUT2D eigenvalue weighted by atomic mass is 32.1. The highest BCUT2D eigenvalue weighted by Crippen LogP contribution is 2.28. The van der Waals surface area contributed by atoms with E-state index in [1.54, 1.807) is 11.3 Å². The van der Waals surface area contributed by atoms with E-state index in [0.29, 0.717) is 0 Å². The summed E-state index contributed by atoms with van der Waals surface area (Å²) in [6, 6.07) is 0. The van der Waals surface area contributed by atoms with E-state index in [1.165, 1.54) is 10.6 Å². The Morgan fingerprint density at radius 2 is 2.10 bits per heavy atom. The van der Waals surface area contributed by atoms with E-state index in [-0.39, 0.29) is 5.54 Å². The Morgan fingerprint density at radius 1 is 1.35 bits per heavy atom. The van der Waals surface area contributed by atoms with E-state index in [2.05, 4.69) is 38.1 Å². The first-order chi connectivity index (χ1) is 9.39. The van der Waals surface area contributed by atoms with E-state index in [1.807, 2.05) is 24.1 Å². The van der Waals surface area contributed by atoms with Crippen molar-refractivity contribution in [1.82, 2.24) is 20.1 Å². The first-order valence-corrected chi connectivity index (χ1v) is 7.93. The summed E-state index contributed by atoms with van der Waals surface area (Å²) >= 11 is 1.78. The van der Waals surface area contributed by atoms with E-state index in [0.717, 1.165) is 30.0 Å². The molecule has 0 unspecified atom stereocenters. The molecule has 1 N–H and O–H groups in total. The number of thiazole rings is 1. The highest BCUT2D eigenvalue weighted by Gasteiger charge is 2.15. The third kappa shape index (κ3) is 3.90. The van der Waals surface area contributed by atoms with Gasteiger partial charge in [-0.15, -0.1) is 11.3 Å². The predicted octanol–water partition coefficient (Wildman–Crippen LogP) is 3.38. The lowest BCUT2D eigenvalue weighted by Crippen LogP contribution is -2.35. The zero-order chi connectivity index (χ0) is 14.8. The summed E-state index contributed by atoms with van der Waals surface area (Å²) in [6.45, 7) is 9.65. The van der Waals surface area contributed by atoms with Crippen LogP contribution in [0.1, 0.15) is 44.7 Å². The standard InChI is InChI=1S/C15H24N4S/c1-6-7-12-13(9-16-15(2,3)4)20-14(18-12)11-8-17-19(5)10-11/h8,10,16H,6-7,9H2,1-5H3. The minimum Gasteiger partial charge on any atom is -0.307 e. The Labute approximate surface area is 125 Å². The van der Waals surface area contributed by atoms with Gasteiger partial charge in [-0.25, -0.2) is 4.98 Å². The summed E-state index contributed by atoms with van der Waals surface area (Å²) in [5.41, 5.74) is 2.46. The van der Waals surface area contributed by atoms with Gasteiger partial charge in [0, 0.05) is 35.8 Å². The van der Waals surface area contributed by atoms with E-state index < -0.39 is 0 Å². The van der Waals surface area contributed by atoms with Gasteiger partial charge in [-0.1, -0.05) is 13.3 Å². The average molecular weight is 292 g/mol. The third-order valence-corrected chi connectivity index (χ3v) is 4.14. The maximum atomic E-state index is 4.81. The topological polar surface area (TPSA) is 42.7 Å². The van der Waals surface area contributed by atoms with Gasteiger partial charge in [0.05, 0.1) is 11.9 Å². The van der Waals surface area contributed by atoms with Gasteiger partial charge in [0.15, 0.2) is 0 Å². The van der Waals surface area contributed by atoms with Crippen LogP contribution < -0.4 is 5.32 Å². The van der Waals surface area contributed by atoms with Crippen molar-refractivity contribution in [2.45, 2.75) is 52.6 Å². The van der Waals surface area contributed by atoms with Crippen LogP contribution in [0.25, 0.3) is 10.6 Å². The second-order valence-electron chi connectivity index (χ2n) is 6.15. The second kappa shape index (κ2) is 6.06. The molecule has 0 radical (unpaired) electrons. The van der Waals surface area contributed by atoms with Crippen LogP contribution in [-0.4, -0.2) is 20.3 Å². The van der Waals surface area contributed by atoms with Gasteiger partial charge in [0.25, 0.3) is 0 Å². The molecule has 2 heterocycles. The summed E-state index contributed by atoms with van der Waals surface area (Å²) in [7, 11) is 1.94. The van der Waals surface area contributed by atoms with Crippen LogP contribution in [0, 0.1) is 0 Å². The summed E-state index contributed by atoms with van der Waals surface area (Å²) in [5, 5.41) is 8.86. The molecule has 4 nitrogen and oxygen atoms in total. The van der Waals surface area contributed by atoms with Crippen LogP contribution in [0.3, 0.4) is 0 Å². The van der Waals surface area contributed by atoms with Gasteiger partial charge in [-0.3, -0.25) is 4.68 Å². The minimum absolute atomic E-state index is 0.127. The molecule has 0 spiro atoms. The Morgan fingerprint density at radius 3 is 2.65 bits per heavy atom. The quantitative estimate of drug-likeness (QED) is 0.918. The van der Waals surface area contributed by atoms with Crippen LogP contribution in [0.5, 0.6) is 0 Å². The molecule has 2 aromatic rings. The van der Waals surface area contributed by atoms with Gasteiger partial charge < -0.3 is 5.32 Å². The molecular formula is C15H24N4S. The molecule has 2 rings (SSSR count). The van der Waals surface area contributed by atoms with Crippen LogP contribution in [0.4, 0.5) is 0 Å². The SMILES string of the molecule is CCCc1nc(-c2cnn(C)c2)sc1CNC(C)(C)C. The lowest BCUT2D eigenvalue weighted by atomic mass is 10.1. The lowest BCUT2D eigenvalue weighted by Gasteiger charge is -2.20. The van der Waals surface area contributed by atoms with Gasteiger partial charge in [0.1, 0.15) is 5.01 Å². The second-order valence-corrected chi connectivity index (χ2v) is 7.23. The third-order valence-electron chi connectivity index (χ3n) is 3.00. The molecule has 0 aromatic carbocycles. The largest absolute Gasteiger partial charge is 0.307 e. The maximum absolute atomic E-state index is 4.81. The molecule has 0 aliphatic heterocycles. The Hall–Kier alpha value is -1.20. The van der Waals surface area contributed by atoms with Crippen LogP contribution in [-0.2, 0) is 20.0 Å². The van der Waals surface area contributed by atoms with Gasteiger partial charge in [-0.05, 0) is 27.2 Å². The molecular weight excluding hydrogens is 268 g/mol. The van der Waals surface area contributed by atoms with E-state index >= 15 is 0 Å². The van der Waals surface area contributed by atoms with Crippen molar-refractivity contribution >= 4 is 11.3 Å². The molecule has 0 saturated carbocycles. The van der Waals surface area contributed by atoms with Crippen molar-refractivity contribution in [2.75, 3.05) is 0 Å². The molecule has 110 valence electrons. The summed E-state index contributed by atoms with van der Waals surface area (Å²) in [5.74, 6) is 0. The van der Waals surface area contributed by atoms with Crippen molar-refractivity contribution in [1.29, 1.82) is 0 Å².